The van der Waals surface area contributed by atoms with Gasteiger partial charge >= 0.3 is 0 Å². The van der Waals surface area contributed by atoms with E-state index in [0.29, 0.717) is 22.8 Å². The Labute approximate surface area is 180 Å². The van der Waals surface area contributed by atoms with Crippen molar-refractivity contribution in [1.82, 2.24) is 5.01 Å². The zero-order chi connectivity index (χ0) is 20.1. The van der Waals surface area contributed by atoms with Crippen molar-refractivity contribution in [2.45, 2.75) is 18.7 Å². The van der Waals surface area contributed by atoms with Crippen molar-refractivity contribution in [3.05, 3.63) is 90.1 Å². The number of benzene rings is 2. The summed E-state index contributed by atoms with van der Waals surface area (Å²) < 4.78 is 6.23. The average molecular weight is 446 g/mol. The predicted octanol–water partition coefficient (Wildman–Crippen LogP) is 6.21. The summed E-state index contributed by atoms with van der Waals surface area (Å²) in [5, 5.41) is 20.8. The van der Waals surface area contributed by atoms with Crippen LogP contribution in [0.5, 0.6) is 5.75 Å². The highest BCUT2D eigenvalue weighted by molar-refractivity contribution is 7.12. The molecular formula is C20H13Cl2N3O3S. The second-order valence-corrected chi connectivity index (χ2v) is 8.54. The number of hydrogen-bond acceptors (Lipinski definition) is 6. The maximum absolute atomic E-state index is 11.4. The van der Waals surface area contributed by atoms with Crippen LogP contribution < -0.4 is 4.74 Å². The molecule has 2 aliphatic rings. The van der Waals surface area contributed by atoms with Crippen molar-refractivity contribution in [2.24, 2.45) is 5.10 Å². The number of halogens is 2. The van der Waals surface area contributed by atoms with Gasteiger partial charge in [-0.05, 0) is 35.7 Å². The lowest BCUT2D eigenvalue weighted by atomic mass is 9.97. The Morgan fingerprint density at radius 2 is 2.07 bits per heavy atom. The minimum absolute atomic E-state index is 0.0747. The van der Waals surface area contributed by atoms with Crippen molar-refractivity contribution < 1.29 is 9.66 Å². The molecule has 0 amide bonds. The molecule has 6 nitrogen and oxygen atoms in total. The summed E-state index contributed by atoms with van der Waals surface area (Å²) in [7, 11) is 0. The highest BCUT2D eigenvalue weighted by Gasteiger charge is 2.41. The number of thiophene rings is 1. The molecule has 0 N–H and O–H groups in total. The van der Waals surface area contributed by atoms with Gasteiger partial charge in [0.15, 0.2) is 0 Å². The summed E-state index contributed by atoms with van der Waals surface area (Å²) in [6.07, 6.45) is 0.0887. The Hall–Kier alpha value is -2.61. The standard InChI is InChI=1S/C20H13Cl2N3O3S/c21-12-4-6-18-13(9-12)16-10-15(19-2-1-7-29-19)23-24(16)20(28-18)11-3-5-14(22)17(8-11)25(26)27/h1-9,16,20H,10H2/t16-,20-/m1/s1. The molecule has 0 saturated carbocycles. The van der Waals surface area contributed by atoms with Crippen molar-refractivity contribution in [3.8, 4) is 5.75 Å². The molecular weight excluding hydrogens is 433 g/mol. The second-order valence-electron chi connectivity index (χ2n) is 6.74. The number of hydrazone groups is 1. The molecule has 0 saturated heterocycles. The van der Waals surface area contributed by atoms with Crippen LogP contribution in [0, 0.1) is 10.1 Å². The number of hydrogen-bond donors (Lipinski definition) is 0. The molecule has 0 aliphatic carbocycles. The number of ether oxygens (including phenoxy) is 1. The zero-order valence-electron chi connectivity index (χ0n) is 14.8. The minimum Gasteiger partial charge on any atom is -0.464 e. The highest BCUT2D eigenvalue weighted by Crippen LogP contribution is 2.49. The van der Waals surface area contributed by atoms with Crippen molar-refractivity contribution >= 4 is 45.9 Å². The monoisotopic (exact) mass is 445 g/mol. The molecule has 0 bridgehead atoms. The van der Waals surface area contributed by atoms with Gasteiger partial charge in [0, 0.05) is 28.6 Å². The molecule has 0 unspecified atom stereocenters. The Bertz CT molecular complexity index is 1150. The van der Waals surface area contributed by atoms with E-state index in [1.165, 1.54) is 12.1 Å². The van der Waals surface area contributed by atoms with Crippen LogP contribution in [-0.4, -0.2) is 15.6 Å². The number of fused-ring (bicyclic) bond motifs is 3. The smallest absolute Gasteiger partial charge is 0.288 e. The average Bonchev–Trinajstić information content (AvgIpc) is 3.37. The molecule has 3 aromatic rings. The van der Waals surface area contributed by atoms with E-state index in [0.717, 1.165) is 16.2 Å². The van der Waals surface area contributed by atoms with E-state index in [1.54, 1.807) is 23.5 Å². The van der Waals surface area contributed by atoms with E-state index in [1.807, 2.05) is 34.7 Å². The third-order valence-corrected chi connectivity index (χ3v) is 6.48. The second kappa shape index (κ2) is 7.02. The van der Waals surface area contributed by atoms with Gasteiger partial charge in [-0.1, -0.05) is 35.3 Å². The number of nitrogens with zero attached hydrogens (tertiary/aromatic N) is 3. The Morgan fingerprint density at radius 1 is 1.21 bits per heavy atom. The number of nitro groups is 1. The largest absolute Gasteiger partial charge is 0.464 e. The van der Waals surface area contributed by atoms with Gasteiger partial charge in [-0.25, -0.2) is 5.01 Å². The SMILES string of the molecule is O=[N+]([O-])c1cc([C@H]2Oc3ccc(Cl)cc3[C@H]3CC(c4cccs4)=NN32)ccc1Cl. The summed E-state index contributed by atoms with van der Waals surface area (Å²) in [6, 6.07) is 14.1. The van der Waals surface area contributed by atoms with Gasteiger partial charge in [-0.2, -0.15) is 5.10 Å². The van der Waals surface area contributed by atoms with Gasteiger partial charge in [0.05, 0.1) is 21.6 Å². The molecule has 2 aliphatic heterocycles. The zero-order valence-corrected chi connectivity index (χ0v) is 17.1. The van der Waals surface area contributed by atoms with Crippen LogP contribution in [0.2, 0.25) is 10.0 Å². The molecule has 2 atom stereocenters. The summed E-state index contributed by atoms with van der Waals surface area (Å²) in [5.74, 6) is 0.695. The third kappa shape index (κ3) is 3.15. The van der Waals surface area contributed by atoms with Crippen LogP contribution in [0.4, 0.5) is 5.69 Å². The Kier molecular flexibility index (Phi) is 4.46. The van der Waals surface area contributed by atoms with Crippen molar-refractivity contribution in [1.29, 1.82) is 0 Å². The molecule has 0 fully saturated rings. The molecule has 3 heterocycles. The summed E-state index contributed by atoms with van der Waals surface area (Å²) in [6.45, 7) is 0. The highest BCUT2D eigenvalue weighted by atomic mass is 35.5. The molecule has 9 heteroatoms. The van der Waals surface area contributed by atoms with Crippen molar-refractivity contribution in [3.63, 3.8) is 0 Å². The predicted molar refractivity (Wildman–Crippen MR) is 113 cm³/mol. The first kappa shape index (κ1) is 18.4. The fraction of sp³-hybridized carbons (Fsp3) is 0.150. The number of rotatable bonds is 3. The lowest BCUT2D eigenvalue weighted by molar-refractivity contribution is -0.384. The Balaban J connectivity index is 1.63. The fourth-order valence-corrected chi connectivity index (χ4v) is 4.78. The quantitative estimate of drug-likeness (QED) is 0.355. The van der Waals surface area contributed by atoms with Crippen LogP contribution in [0.1, 0.15) is 34.7 Å². The van der Waals surface area contributed by atoms with Crippen LogP contribution >= 0.6 is 34.5 Å². The summed E-state index contributed by atoms with van der Waals surface area (Å²) >= 11 is 13.8. The maximum atomic E-state index is 11.4. The van der Waals surface area contributed by atoms with E-state index in [4.69, 9.17) is 33.0 Å². The normalized spacial score (nSPS) is 19.9. The first-order chi connectivity index (χ1) is 14.0. The molecule has 0 radical (unpaired) electrons. The Morgan fingerprint density at radius 3 is 2.83 bits per heavy atom. The van der Waals surface area contributed by atoms with Gasteiger partial charge in [0.2, 0.25) is 6.23 Å². The van der Waals surface area contributed by atoms with E-state index in [2.05, 4.69) is 0 Å². The lowest BCUT2D eigenvalue weighted by Gasteiger charge is -2.38. The van der Waals surface area contributed by atoms with E-state index < -0.39 is 11.2 Å². The maximum Gasteiger partial charge on any atom is 0.288 e. The molecule has 0 spiro atoms. The van der Waals surface area contributed by atoms with Gasteiger partial charge in [-0.15, -0.1) is 11.3 Å². The van der Waals surface area contributed by atoms with Crippen LogP contribution in [-0.2, 0) is 0 Å². The van der Waals surface area contributed by atoms with Crippen molar-refractivity contribution in [2.75, 3.05) is 0 Å². The third-order valence-electron chi connectivity index (χ3n) is 5.01. The van der Waals surface area contributed by atoms with Gasteiger partial charge in [-0.3, -0.25) is 10.1 Å². The van der Waals surface area contributed by atoms with Crippen LogP contribution in [0.15, 0.2) is 59.0 Å². The van der Waals surface area contributed by atoms with Crippen LogP contribution in [0.3, 0.4) is 0 Å². The summed E-state index contributed by atoms with van der Waals surface area (Å²) in [5.41, 5.74) is 2.36. The molecule has 5 rings (SSSR count). The first-order valence-electron chi connectivity index (χ1n) is 8.81. The van der Waals surface area contributed by atoms with E-state index in [-0.39, 0.29) is 16.8 Å². The number of nitro benzene ring substituents is 1. The lowest BCUT2D eigenvalue weighted by Crippen LogP contribution is -2.33. The van der Waals surface area contributed by atoms with Gasteiger partial charge in [0.1, 0.15) is 10.8 Å². The topological polar surface area (TPSA) is 68.0 Å². The fourth-order valence-electron chi connectivity index (χ4n) is 3.69. The molecule has 146 valence electrons. The molecule has 2 aromatic carbocycles. The van der Waals surface area contributed by atoms with E-state index in [9.17, 15) is 10.1 Å². The van der Waals surface area contributed by atoms with Crippen LogP contribution in [0.25, 0.3) is 0 Å². The minimum atomic E-state index is -0.609. The first-order valence-corrected chi connectivity index (χ1v) is 10.4. The van der Waals surface area contributed by atoms with Gasteiger partial charge < -0.3 is 4.74 Å². The van der Waals surface area contributed by atoms with Gasteiger partial charge in [0.25, 0.3) is 5.69 Å². The molecule has 29 heavy (non-hydrogen) atoms. The molecule has 1 aromatic heterocycles. The summed E-state index contributed by atoms with van der Waals surface area (Å²) in [4.78, 5) is 11.9. The van der Waals surface area contributed by atoms with E-state index >= 15 is 0 Å².